The zero-order valence-electron chi connectivity index (χ0n) is 14.8. The maximum atomic E-state index is 5.60. The minimum Gasteiger partial charge on any atom is -0.497 e. The molecular formula is C25H22O. The Bertz CT molecular complexity index is 1020. The van der Waals surface area contributed by atoms with Crippen molar-refractivity contribution in [1.82, 2.24) is 0 Å². The summed E-state index contributed by atoms with van der Waals surface area (Å²) in [5.41, 5.74) is 2.96. The van der Waals surface area contributed by atoms with Crippen molar-refractivity contribution in [1.29, 1.82) is 0 Å². The van der Waals surface area contributed by atoms with Gasteiger partial charge in [0.15, 0.2) is 0 Å². The molecule has 0 radical (unpaired) electrons. The number of terminal acetylenes is 1. The van der Waals surface area contributed by atoms with Crippen molar-refractivity contribution in [2.75, 3.05) is 6.61 Å². The molecule has 5 rings (SSSR count). The summed E-state index contributed by atoms with van der Waals surface area (Å²) in [7, 11) is 0. The quantitative estimate of drug-likeness (QED) is 0.371. The van der Waals surface area contributed by atoms with E-state index in [1.165, 1.54) is 32.7 Å². The molecule has 0 spiro atoms. The second kappa shape index (κ2) is 7.50. The van der Waals surface area contributed by atoms with Crippen LogP contribution in [0, 0.1) is 18.3 Å². The Kier molecular flexibility index (Phi) is 4.75. The second-order valence-electron chi connectivity index (χ2n) is 6.78. The van der Waals surface area contributed by atoms with Crippen molar-refractivity contribution >= 4 is 21.5 Å². The van der Waals surface area contributed by atoms with Crippen LogP contribution in [0.3, 0.4) is 0 Å². The third-order valence-electron chi connectivity index (χ3n) is 5.19. The van der Waals surface area contributed by atoms with E-state index >= 15 is 0 Å². The van der Waals surface area contributed by atoms with E-state index in [0.29, 0.717) is 5.92 Å². The fourth-order valence-corrected chi connectivity index (χ4v) is 3.86. The molecular weight excluding hydrogens is 316 g/mol. The van der Waals surface area contributed by atoms with Gasteiger partial charge < -0.3 is 4.74 Å². The molecule has 1 nitrogen and oxygen atoms in total. The Morgan fingerprint density at radius 1 is 0.923 bits per heavy atom. The van der Waals surface area contributed by atoms with E-state index in [4.69, 9.17) is 11.2 Å². The van der Waals surface area contributed by atoms with Crippen LogP contribution in [-0.4, -0.2) is 6.61 Å². The second-order valence-corrected chi connectivity index (χ2v) is 6.78. The molecule has 1 atom stereocenters. The van der Waals surface area contributed by atoms with Gasteiger partial charge in [0.05, 0.1) is 6.26 Å². The van der Waals surface area contributed by atoms with Gasteiger partial charge in [-0.05, 0) is 64.1 Å². The number of fused-ring (bicyclic) bond motifs is 5. The molecule has 0 bridgehead atoms. The molecule has 1 aliphatic heterocycles. The van der Waals surface area contributed by atoms with Gasteiger partial charge in [0.2, 0.25) is 0 Å². The molecule has 1 unspecified atom stereocenters. The molecule has 0 N–H and O–H groups in total. The topological polar surface area (TPSA) is 9.23 Å². The van der Waals surface area contributed by atoms with Gasteiger partial charge in [0.1, 0.15) is 6.61 Å². The highest BCUT2D eigenvalue weighted by Gasteiger charge is 2.19. The predicted octanol–water partition coefficient (Wildman–Crippen LogP) is 5.82. The highest BCUT2D eigenvalue weighted by atomic mass is 16.5. The van der Waals surface area contributed by atoms with Crippen LogP contribution in [0.1, 0.15) is 17.5 Å². The van der Waals surface area contributed by atoms with Gasteiger partial charge in [0, 0.05) is 5.92 Å². The molecule has 0 amide bonds. The summed E-state index contributed by atoms with van der Waals surface area (Å²) >= 11 is 0. The molecule has 3 aromatic rings. The fourth-order valence-electron chi connectivity index (χ4n) is 3.86. The number of ether oxygens (including phenoxy) is 1. The number of aryl methyl sites for hydroxylation is 1. The summed E-state index contributed by atoms with van der Waals surface area (Å²) < 4.78 is 4.80. The largest absolute Gasteiger partial charge is 0.497 e. The SMILES string of the molecule is C#CC1CCc2c(ccc3c2ccc2ccccc23)C1.C1=CCOC=C1. The number of allylic oxidation sites excluding steroid dienone is 2. The Labute approximate surface area is 155 Å². The third-order valence-corrected chi connectivity index (χ3v) is 5.19. The lowest BCUT2D eigenvalue weighted by Gasteiger charge is -2.22. The normalized spacial score (nSPS) is 17.7. The number of rotatable bonds is 0. The van der Waals surface area contributed by atoms with Crippen LogP contribution in [0.2, 0.25) is 0 Å². The van der Waals surface area contributed by atoms with Crippen LogP contribution < -0.4 is 0 Å². The molecule has 0 saturated heterocycles. The lowest BCUT2D eigenvalue weighted by molar-refractivity contribution is 0.286. The van der Waals surface area contributed by atoms with Crippen molar-refractivity contribution in [3.05, 3.63) is 84.1 Å². The Morgan fingerprint density at radius 2 is 1.81 bits per heavy atom. The molecule has 3 aromatic carbocycles. The van der Waals surface area contributed by atoms with Crippen LogP contribution in [0.4, 0.5) is 0 Å². The van der Waals surface area contributed by atoms with E-state index in [9.17, 15) is 0 Å². The molecule has 0 aromatic heterocycles. The van der Waals surface area contributed by atoms with E-state index in [1.807, 2.05) is 18.2 Å². The number of hydrogen-bond donors (Lipinski definition) is 0. The highest BCUT2D eigenvalue weighted by Crippen LogP contribution is 2.34. The lowest BCUT2D eigenvalue weighted by Crippen LogP contribution is -2.12. The molecule has 0 saturated carbocycles. The first-order valence-corrected chi connectivity index (χ1v) is 9.18. The van der Waals surface area contributed by atoms with E-state index in [-0.39, 0.29) is 0 Å². The average molecular weight is 338 g/mol. The van der Waals surface area contributed by atoms with Gasteiger partial charge >= 0.3 is 0 Å². The molecule has 1 heterocycles. The minimum absolute atomic E-state index is 0.417. The van der Waals surface area contributed by atoms with E-state index in [0.717, 1.165) is 25.9 Å². The van der Waals surface area contributed by atoms with Crippen molar-refractivity contribution < 1.29 is 4.74 Å². The smallest absolute Gasteiger partial charge is 0.106 e. The van der Waals surface area contributed by atoms with Crippen LogP contribution in [0.25, 0.3) is 21.5 Å². The van der Waals surface area contributed by atoms with Gasteiger partial charge in [0.25, 0.3) is 0 Å². The van der Waals surface area contributed by atoms with Crippen LogP contribution in [-0.2, 0) is 17.6 Å². The summed E-state index contributed by atoms with van der Waals surface area (Å²) in [4.78, 5) is 0. The Morgan fingerprint density at radius 3 is 2.54 bits per heavy atom. The van der Waals surface area contributed by atoms with E-state index in [1.54, 1.807) is 6.26 Å². The molecule has 128 valence electrons. The minimum atomic E-state index is 0.417. The van der Waals surface area contributed by atoms with E-state index in [2.05, 4.69) is 54.5 Å². The first-order chi connectivity index (χ1) is 12.9. The zero-order chi connectivity index (χ0) is 17.8. The summed E-state index contributed by atoms with van der Waals surface area (Å²) in [6, 6.07) is 17.7. The molecule has 1 heteroatoms. The summed E-state index contributed by atoms with van der Waals surface area (Å²) in [6.45, 7) is 0.733. The third kappa shape index (κ3) is 3.24. The maximum Gasteiger partial charge on any atom is 0.106 e. The van der Waals surface area contributed by atoms with Gasteiger partial charge in [-0.1, -0.05) is 54.6 Å². The predicted molar refractivity (Wildman–Crippen MR) is 110 cm³/mol. The van der Waals surface area contributed by atoms with Crippen molar-refractivity contribution in [3.63, 3.8) is 0 Å². The summed E-state index contributed by atoms with van der Waals surface area (Å²) in [5.74, 6) is 3.34. The van der Waals surface area contributed by atoms with E-state index < -0.39 is 0 Å². The zero-order valence-corrected chi connectivity index (χ0v) is 14.8. The Hall–Kier alpha value is -2.98. The van der Waals surface area contributed by atoms with Crippen LogP contribution >= 0.6 is 0 Å². The number of hydrogen-bond acceptors (Lipinski definition) is 1. The summed E-state index contributed by atoms with van der Waals surface area (Å²) in [5, 5.41) is 5.46. The van der Waals surface area contributed by atoms with Gasteiger partial charge in [-0.15, -0.1) is 12.3 Å². The van der Waals surface area contributed by atoms with Gasteiger partial charge in [-0.25, -0.2) is 0 Å². The molecule has 1 aliphatic carbocycles. The molecule has 2 aliphatic rings. The Balaban J connectivity index is 0.000000240. The van der Waals surface area contributed by atoms with Gasteiger partial charge in [-0.3, -0.25) is 0 Å². The van der Waals surface area contributed by atoms with Crippen LogP contribution in [0.5, 0.6) is 0 Å². The van der Waals surface area contributed by atoms with Crippen molar-refractivity contribution in [2.45, 2.75) is 19.3 Å². The standard InChI is InChI=1S/C20H16.C5H6O/c1-2-14-7-10-18-16(13-14)9-12-19-17-6-4-3-5-15(17)8-11-20(18)19;1-2-4-6-5-3-1/h1,3-6,8-9,11-12,14H,7,10,13H2;1-4H,5H2. The lowest BCUT2D eigenvalue weighted by atomic mass is 9.81. The first-order valence-electron chi connectivity index (χ1n) is 9.18. The highest BCUT2D eigenvalue weighted by molar-refractivity contribution is 6.08. The monoisotopic (exact) mass is 338 g/mol. The van der Waals surface area contributed by atoms with Crippen molar-refractivity contribution in [3.8, 4) is 12.3 Å². The average Bonchev–Trinajstić information content (AvgIpc) is 2.74. The molecule has 26 heavy (non-hydrogen) atoms. The van der Waals surface area contributed by atoms with Gasteiger partial charge in [-0.2, -0.15) is 0 Å². The first kappa shape index (κ1) is 16.5. The number of benzene rings is 3. The molecule has 0 fully saturated rings. The maximum absolute atomic E-state index is 5.60. The summed E-state index contributed by atoms with van der Waals surface area (Å²) in [6.07, 6.45) is 16.3. The van der Waals surface area contributed by atoms with Crippen LogP contribution in [0.15, 0.2) is 73.0 Å². The fraction of sp³-hybridized carbons (Fsp3) is 0.200. The van der Waals surface area contributed by atoms with Crippen molar-refractivity contribution in [2.24, 2.45) is 5.92 Å².